The molecule has 5 rings (SSSR count). The number of nitrogens with zero attached hydrogens (tertiary/aromatic N) is 3. The van der Waals surface area contributed by atoms with Crippen LogP contribution in [0, 0.1) is 6.92 Å². The molecule has 0 saturated heterocycles. The quantitative estimate of drug-likeness (QED) is 0.345. The summed E-state index contributed by atoms with van der Waals surface area (Å²) in [4.78, 5) is 20.5. The zero-order valence-corrected chi connectivity index (χ0v) is 20.3. The molecule has 4 aromatic rings. The van der Waals surface area contributed by atoms with E-state index in [1.54, 1.807) is 18.1 Å². The lowest BCUT2D eigenvalue weighted by Crippen LogP contribution is -2.46. The Kier molecular flexibility index (Phi) is 5.85. The number of carbonyl (C=O) groups excluding carboxylic acids is 1. The molecule has 1 aliphatic heterocycles. The number of allylic oxidation sites excluding steroid dienone is 1. The van der Waals surface area contributed by atoms with Crippen molar-refractivity contribution in [1.82, 2.24) is 15.5 Å². The third-order valence-corrected chi connectivity index (χ3v) is 7.02. The lowest BCUT2D eigenvalue weighted by molar-refractivity contribution is 0.244. The van der Waals surface area contributed by atoms with E-state index >= 15 is 0 Å². The minimum absolute atomic E-state index is 0.262. The lowest BCUT2D eigenvalue weighted by Gasteiger charge is -2.35. The molecular formula is C25H21ClN4O3S. The number of aromatic nitrogens is 2. The van der Waals surface area contributed by atoms with Crippen molar-refractivity contribution in [2.24, 2.45) is 0 Å². The number of amides is 2. The largest absolute Gasteiger partial charge is 0.497 e. The topological polar surface area (TPSA) is 80.5 Å². The Morgan fingerprint density at radius 1 is 1.15 bits per heavy atom. The number of carbonyl (C=O) groups is 1. The van der Waals surface area contributed by atoms with Gasteiger partial charge in [0.15, 0.2) is 0 Å². The zero-order valence-electron chi connectivity index (χ0n) is 18.7. The van der Waals surface area contributed by atoms with Gasteiger partial charge in [0.1, 0.15) is 5.75 Å². The first kappa shape index (κ1) is 22.2. The predicted octanol–water partition coefficient (Wildman–Crippen LogP) is 6.47. The molecule has 0 radical (unpaired) electrons. The molecule has 172 valence electrons. The highest BCUT2D eigenvalue weighted by molar-refractivity contribution is 7.13. The number of aryl methyl sites for hydroxylation is 1. The molecule has 1 N–H and O–H groups in total. The van der Waals surface area contributed by atoms with E-state index in [0.717, 1.165) is 21.8 Å². The lowest BCUT2D eigenvalue weighted by atomic mass is 9.94. The third-order valence-electron chi connectivity index (χ3n) is 5.73. The molecule has 0 aliphatic carbocycles. The van der Waals surface area contributed by atoms with Crippen LogP contribution in [0.5, 0.6) is 5.75 Å². The SMILES string of the molecule is COc1ccc(C2NC(=O)N(c3ccc(Cl)c(C)c3)C(C)=C2c2nc(-c3cccs3)no2)cc1. The number of urea groups is 1. The van der Waals surface area contributed by atoms with Crippen LogP contribution in [0.25, 0.3) is 16.3 Å². The van der Waals surface area contributed by atoms with Crippen molar-refractivity contribution in [3.05, 3.63) is 87.7 Å². The highest BCUT2D eigenvalue weighted by Crippen LogP contribution is 2.40. The van der Waals surface area contributed by atoms with Gasteiger partial charge in [-0.15, -0.1) is 11.3 Å². The van der Waals surface area contributed by atoms with E-state index < -0.39 is 6.04 Å². The first-order valence-corrected chi connectivity index (χ1v) is 11.8. The molecule has 2 amide bonds. The van der Waals surface area contributed by atoms with Crippen molar-refractivity contribution in [1.29, 1.82) is 0 Å². The monoisotopic (exact) mass is 492 g/mol. The smallest absolute Gasteiger partial charge is 0.326 e. The molecule has 0 spiro atoms. The Morgan fingerprint density at radius 2 is 1.94 bits per heavy atom. The van der Waals surface area contributed by atoms with Crippen LogP contribution in [0.4, 0.5) is 10.5 Å². The van der Waals surface area contributed by atoms with Gasteiger partial charge < -0.3 is 14.6 Å². The fourth-order valence-electron chi connectivity index (χ4n) is 3.98. The van der Waals surface area contributed by atoms with Crippen molar-refractivity contribution >= 4 is 40.2 Å². The Morgan fingerprint density at radius 3 is 2.62 bits per heavy atom. The number of thiophene rings is 1. The van der Waals surface area contributed by atoms with Gasteiger partial charge in [-0.05, 0) is 66.8 Å². The third kappa shape index (κ3) is 3.95. The van der Waals surface area contributed by atoms with E-state index in [-0.39, 0.29) is 6.03 Å². The zero-order chi connectivity index (χ0) is 23.8. The maximum atomic E-state index is 13.3. The Labute approximate surface area is 205 Å². The number of hydrogen-bond donors (Lipinski definition) is 1. The minimum atomic E-state index is -0.486. The molecule has 1 atom stereocenters. The molecule has 3 heterocycles. The number of nitrogens with one attached hydrogen (secondary N) is 1. The van der Waals surface area contributed by atoms with Crippen molar-refractivity contribution in [2.45, 2.75) is 19.9 Å². The van der Waals surface area contributed by atoms with E-state index in [1.165, 1.54) is 11.3 Å². The van der Waals surface area contributed by atoms with Gasteiger partial charge in [0, 0.05) is 10.7 Å². The summed E-state index contributed by atoms with van der Waals surface area (Å²) in [6.07, 6.45) is 0. The van der Waals surface area contributed by atoms with Crippen LogP contribution in [0.3, 0.4) is 0 Å². The fraction of sp³-hybridized carbons (Fsp3) is 0.160. The van der Waals surface area contributed by atoms with E-state index in [1.807, 2.05) is 67.8 Å². The number of rotatable bonds is 5. The Balaban J connectivity index is 1.65. The molecule has 1 aliphatic rings. The summed E-state index contributed by atoms with van der Waals surface area (Å²) in [7, 11) is 1.61. The molecular weight excluding hydrogens is 472 g/mol. The van der Waals surface area contributed by atoms with Gasteiger partial charge in [-0.25, -0.2) is 4.79 Å². The predicted molar refractivity (Wildman–Crippen MR) is 133 cm³/mol. The first-order valence-electron chi connectivity index (χ1n) is 10.6. The van der Waals surface area contributed by atoms with Crippen LogP contribution < -0.4 is 15.0 Å². The normalized spacial score (nSPS) is 16.1. The Bertz CT molecular complexity index is 1380. The van der Waals surface area contributed by atoms with Crippen molar-refractivity contribution in [3.63, 3.8) is 0 Å². The van der Waals surface area contributed by atoms with E-state index in [0.29, 0.717) is 33.7 Å². The first-order chi connectivity index (χ1) is 16.5. The van der Waals surface area contributed by atoms with E-state index in [4.69, 9.17) is 20.9 Å². The van der Waals surface area contributed by atoms with Crippen LogP contribution >= 0.6 is 22.9 Å². The van der Waals surface area contributed by atoms with Crippen molar-refractivity contribution in [2.75, 3.05) is 12.0 Å². The highest BCUT2D eigenvalue weighted by Gasteiger charge is 2.36. The van der Waals surface area contributed by atoms with Crippen molar-refractivity contribution < 1.29 is 14.1 Å². The average Bonchev–Trinajstić information content (AvgIpc) is 3.53. The van der Waals surface area contributed by atoms with Gasteiger partial charge in [-0.2, -0.15) is 4.98 Å². The number of ether oxygens (including phenoxy) is 1. The number of methoxy groups -OCH3 is 1. The van der Waals surface area contributed by atoms with E-state index in [9.17, 15) is 4.79 Å². The summed E-state index contributed by atoms with van der Waals surface area (Å²) in [6, 6.07) is 16.1. The number of benzene rings is 2. The highest BCUT2D eigenvalue weighted by atomic mass is 35.5. The molecule has 34 heavy (non-hydrogen) atoms. The van der Waals surface area contributed by atoms with E-state index in [2.05, 4.69) is 15.5 Å². The van der Waals surface area contributed by atoms with Gasteiger partial charge in [-0.3, -0.25) is 4.90 Å². The van der Waals surface area contributed by atoms with Gasteiger partial charge in [0.05, 0.1) is 29.3 Å². The summed E-state index contributed by atoms with van der Waals surface area (Å²) in [5, 5.41) is 9.89. The fourth-order valence-corrected chi connectivity index (χ4v) is 4.75. The molecule has 0 bridgehead atoms. The summed E-state index contributed by atoms with van der Waals surface area (Å²) >= 11 is 7.75. The summed E-state index contributed by atoms with van der Waals surface area (Å²) < 4.78 is 11.0. The second-order valence-electron chi connectivity index (χ2n) is 7.82. The van der Waals surface area contributed by atoms with Crippen LogP contribution in [0.15, 0.2) is 70.2 Å². The van der Waals surface area contributed by atoms with Crippen LogP contribution in [-0.2, 0) is 0 Å². The Hall–Kier alpha value is -3.62. The molecule has 2 aromatic heterocycles. The molecule has 9 heteroatoms. The van der Waals surface area contributed by atoms with Gasteiger partial charge in [0.2, 0.25) is 5.82 Å². The summed E-state index contributed by atoms with van der Waals surface area (Å²) in [6.45, 7) is 3.78. The summed E-state index contributed by atoms with van der Waals surface area (Å²) in [5.41, 5.74) is 3.84. The molecule has 0 saturated carbocycles. The van der Waals surface area contributed by atoms with Crippen LogP contribution in [0.1, 0.15) is 30.0 Å². The van der Waals surface area contributed by atoms with Gasteiger partial charge in [-0.1, -0.05) is 35.0 Å². The standard InChI is InChI=1S/C25H21ClN4O3S/c1-14-13-17(8-11-19(14)26)30-15(2)21(24-28-23(29-33-24)20-5-4-12-34-20)22(27-25(30)31)16-6-9-18(32-3)10-7-16/h4-13,22H,1-3H3,(H,27,31). The van der Waals surface area contributed by atoms with Gasteiger partial charge in [0.25, 0.3) is 5.89 Å². The number of halogens is 1. The molecule has 2 aromatic carbocycles. The minimum Gasteiger partial charge on any atom is -0.497 e. The maximum absolute atomic E-state index is 13.3. The van der Waals surface area contributed by atoms with Crippen LogP contribution in [0.2, 0.25) is 5.02 Å². The molecule has 0 fully saturated rings. The average molecular weight is 493 g/mol. The molecule has 1 unspecified atom stereocenters. The molecule has 7 nitrogen and oxygen atoms in total. The van der Waals surface area contributed by atoms with Crippen molar-refractivity contribution in [3.8, 4) is 16.5 Å². The van der Waals surface area contributed by atoms with Gasteiger partial charge >= 0.3 is 6.03 Å². The number of anilines is 1. The number of hydrogen-bond acceptors (Lipinski definition) is 6. The van der Waals surface area contributed by atoms with Crippen LogP contribution in [-0.4, -0.2) is 23.3 Å². The summed E-state index contributed by atoms with van der Waals surface area (Å²) in [5.74, 6) is 1.58. The second-order valence-corrected chi connectivity index (χ2v) is 9.18. The maximum Gasteiger partial charge on any atom is 0.326 e. The second kappa shape index (κ2) is 8.96.